The molecule has 0 unspecified atom stereocenters. The molecule has 2 nitrogen and oxygen atoms in total. The van der Waals surface area contributed by atoms with Gasteiger partial charge in [-0.25, -0.2) is 13.8 Å². The zero-order valence-electron chi connectivity index (χ0n) is 8.65. The Balaban J connectivity index is 2.14. The second-order valence-electron chi connectivity index (χ2n) is 3.64. The Labute approximate surface area is 95.5 Å². The van der Waals surface area contributed by atoms with Crippen LogP contribution in [0.5, 0.6) is 0 Å². The highest BCUT2D eigenvalue weighted by molar-refractivity contribution is 5.76. The zero-order chi connectivity index (χ0) is 11.8. The van der Waals surface area contributed by atoms with Crippen molar-refractivity contribution < 1.29 is 13.2 Å². The van der Waals surface area contributed by atoms with Crippen LogP contribution in [0.1, 0.15) is 0 Å². The first-order valence-electron chi connectivity index (χ1n) is 5.04. The first kappa shape index (κ1) is 9.96. The normalized spacial score (nSPS) is 10.9. The molecule has 0 N–H and O–H groups in total. The van der Waals surface area contributed by atoms with E-state index in [1.54, 1.807) is 12.1 Å². The summed E-state index contributed by atoms with van der Waals surface area (Å²) in [6.07, 6.45) is 0. The predicted molar refractivity (Wildman–Crippen MR) is 59.4 cm³/mol. The molecular formula is C13H7F2NO. The van der Waals surface area contributed by atoms with E-state index in [1.165, 1.54) is 30.3 Å². The van der Waals surface area contributed by atoms with E-state index in [0.717, 1.165) is 0 Å². The monoisotopic (exact) mass is 231 g/mol. The van der Waals surface area contributed by atoms with Gasteiger partial charge in [-0.15, -0.1) is 0 Å². The summed E-state index contributed by atoms with van der Waals surface area (Å²) in [6.45, 7) is 0. The number of oxazole rings is 1. The van der Waals surface area contributed by atoms with Gasteiger partial charge in [0, 0.05) is 11.6 Å². The standard InChI is InChI=1S/C13H7F2NO/c14-9-3-1-8(2-4-9)13-16-11-7-10(15)5-6-12(11)17-13/h1-7H. The SMILES string of the molecule is Fc1ccc(-c2nc3cc(F)ccc3o2)cc1. The Bertz CT molecular complexity index is 673. The number of rotatable bonds is 1. The number of benzene rings is 2. The number of fused-ring (bicyclic) bond motifs is 1. The largest absolute Gasteiger partial charge is 0.436 e. The molecule has 0 saturated carbocycles. The zero-order valence-corrected chi connectivity index (χ0v) is 8.65. The van der Waals surface area contributed by atoms with Crippen LogP contribution in [0, 0.1) is 11.6 Å². The van der Waals surface area contributed by atoms with E-state index < -0.39 is 0 Å². The molecule has 1 heterocycles. The van der Waals surface area contributed by atoms with Crippen LogP contribution < -0.4 is 0 Å². The summed E-state index contributed by atoms with van der Waals surface area (Å²) in [4.78, 5) is 4.14. The van der Waals surface area contributed by atoms with Gasteiger partial charge in [0.05, 0.1) is 0 Å². The second-order valence-corrected chi connectivity index (χ2v) is 3.64. The van der Waals surface area contributed by atoms with Gasteiger partial charge in [-0.3, -0.25) is 0 Å². The van der Waals surface area contributed by atoms with Crippen molar-refractivity contribution in [2.45, 2.75) is 0 Å². The van der Waals surface area contributed by atoms with Gasteiger partial charge in [0.1, 0.15) is 17.2 Å². The summed E-state index contributed by atoms with van der Waals surface area (Å²) in [7, 11) is 0. The lowest BCUT2D eigenvalue weighted by molar-refractivity contribution is 0.612. The maximum atomic E-state index is 13.0. The third kappa shape index (κ3) is 1.78. The van der Waals surface area contributed by atoms with Crippen molar-refractivity contribution in [2.24, 2.45) is 0 Å². The number of hydrogen-bond acceptors (Lipinski definition) is 2. The molecule has 0 radical (unpaired) electrons. The first-order chi connectivity index (χ1) is 8.22. The van der Waals surface area contributed by atoms with Gasteiger partial charge in [-0.1, -0.05) is 0 Å². The van der Waals surface area contributed by atoms with E-state index in [0.29, 0.717) is 22.6 Å². The molecule has 0 bridgehead atoms. The van der Waals surface area contributed by atoms with Crippen LogP contribution in [0.2, 0.25) is 0 Å². The smallest absolute Gasteiger partial charge is 0.227 e. The number of aromatic nitrogens is 1. The highest BCUT2D eigenvalue weighted by Gasteiger charge is 2.08. The number of hydrogen-bond donors (Lipinski definition) is 0. The van der Waals surface area contributed by atoms with Crippen LogP contribution in [0.25, 0.3) is 22.6 Å². The van der Waals surface area contributed by atoms with Crippen molar-refractivity contribution in [2.75, 3.05) is 0 Å². The Morgan fingerprint density at radius 3 is 2.35 bits per heavy atom. The molecule has 0 atom stereocenters. The fourth-order valence-electron chi connectivity index (χ4n) is 1.62. The van der Waals surface area contributed by atoms with E-state index in [1.807, 2.05) is 0 Å². The lowest BCUT2D eigenvalue weighted by Crippen LogP contribution is -1.78. The van der Waals surface area contributed by atoms with Gasteiger partial charge in [-0.2, -0.15) is 0 Å². The summed E-state index contributed by atoms with van der Waals surface area (Å²) >= 11 is 0. The van der Waals surface area contributed by atoms with E-state index in [2.05, 4.69) is 4.98 Å². The molecule has 0 fully saturated rings. The average Bonchev–Trinajstić information content (AvgIpc) is 2.72. The molecule has 2 aromatic carbocycles. The van der Waals surface area contributed by atoms with Crippen molar-refractivity contribution in [3.63, 3.8) is 0 Å². The highest BCUT2D eigenvalue weighted by atomic mass is 19.1. The Kier molecular flexibility index (Phi) is 2.14. The molecule has 0 saturated heterocycles. The minimum absolute atomic E-state index is 0.323. The molecule has 4 heteroatoms. The van der Waals surface area contributed by atoms with Gasteiger partial charge < -0.3 is 4.42 Å². The average molecular weight is 231 g/mol. The molecule has 0 aliphatic carbocycles. The lowest BCUT2D eigenvalue weighted by Gasteiger charge is -1.93. The molecule has 3 rings (SSSR count). The van der Waals surface area contributed by atoms with E-state index in [9.17, 15) is 8.78 Å². The summed E-state index contributed by atoms with van der Waals surface area (Å²) in [6, 6.07) is 9.90. The molecule has 0 spiro atoms. The van der Waals surface area contributed by atoms with Crippen molar-refractivity contribution in [3.05, 3.63) is 54.1 Å². The van der Waals surface area contributed by atoms with Crippen LogP contribution in [-0.4, -0.2) is 4.98 Å². The van der Waals surface area contributed by atoms with E-state index >= 15 is 0 Å². The molecule has 17 heavy (non-hydrogen) atoms. The Hall–Kier alpha value is -2.23. The quantitative estimate of drug-likeness (QED) is 0.637. The van der Waals surface area contributed by atoms with Crippen molar-refractivity contribution in [1.82, 2.24) is 4.98 Å². The van der Waals surface area contributed by atoms with Gasteiger partial charge in [0.2, 0.25) is 5.89 Å². The van der Waals surface area contributed by atoms with Crippen LogP contribution in [0.4, 0.5) is 8.78 Å². The third-order valence-corrected chi connectivity index (χ3v) is 2.44. The molecule has 3 aromatic rings. The highest BCUT2D eigenvalue weighted by Crippen LogP contribution is 2.24. The fraction of sp³-hybridized carbons (Fsp3) is 0. The summed E-state index contributed by atoms with van der Waals surface area (Å²) in [5.74, 6) is -0.335. The Morgan fingerprint density at radius 2 is 1.59 bits per heavy atom. The fourth-order valence-corrected chi connectivity index (χ4v) is 1.62. The predicted octanol–water partition coefficient (Wildman–Crippen LogP) is 3.77. The maximum absolute atomic E-state index is 13.0. The summed E-state index contributed by atoms with van der Waals surface area (Å²) < 4.78 is 31.2. The third-order valence-electron chi connectivity index (χ3n) is 2.44. The molecule has 0 aliphatic rings. The number of halogens is 2. The van der Waals surface area contributed by atoms with Crippen LogP contribution >= 0.6 is 0 Å². The summed E-state index contributed by atoms with van der Waals surface area (Å²) in [5.41, 5.74) is 1.61. The van der Waals surface area contributed by atoms with Crippen molar-refractivity contribution >= 4 is 11.1 Å². The van der Waals surface area contributed by atoms with Gasteiger partial charge in [-0.05, 0) is 36.4 Å². The minimum atomic E-state index is -0.364. The van der Waals surface area contributed by atoms with Crippen molar-refractivity contribution in [3.8, 4) is 11.5 Å². The molecular weight excluding hydrogens is 224 g/mol. The van der Waals surface area contributed by atoms with Gasteiger partial charge in [0.15, 0.2) is 5.58 Å². The minimum Gasteiger partial charge on any atom is -0.436 e. The van der Waals surface area contributed by atoms with Crippen LogP contribution in [0.3, 0.4) is 0 Å². The van der Waals surface area contributed by atoms with Crippen LogP contribution in [0.15, 0.2) is 46.9 Å². The van der Waals surface area contributed by atoms with Gasteiger partial charge in [0.25, 0.3) is 0 Å². The number of nitrogens with zero attached hydrogens (tertiary/aromatic N) is 1. The molecule has 84 valence electrons. The summed E-state index contributed by atoms with van der Waals surface area (Å²) in [5, 5.41) is 0. The Morgan fingerprint density at radius 1 is 0.882 bits per heavy atom. The molecule has 0 aliphatic heterocycles. The van der Waals surface area contributed by atoms with Crippen LogP contribution in [-0.2, 0) is 0 Å². The maximum Gasteiger partial charge on any atom is 0.227 e. The first-order valence-corrected chi connectivity index (χ1v) is 5.04. The van der Waals surface area contributed by atoms with E-state index in [4.69, 9.17) is 4.42 Å². The molecule has 0 amide bonds. The molecule has 1 aromatic heterocycles. The lowest BCUT2D eigenvalue weighted by atomic mass is 10.2. The van der Waals surface area contributed by atoms with Crippen molar-refractivity contribution in [1.29, 1.82) is 0 Å². The second kappa shape index (κ2) is 3.66. The van der Waals surface area contributed by atoms with E-state index in [-0.39, 0.29) is 11.6 Å². The topological polar surface area (TPSA) is 26.0 Å². The van der Waals surface area contributed by atoms with Gasteiger partial charge >= 0.3 is 0 Å².